The van der Waals surface area contributed by atoms with E-state index >= 15 is 0 Å². The van der Waals surface area contributed by atoms with Crippen LogP contribution in [-0.4, -0.2) is 18.1 Å². The molecule has 1 saturated carbocycles. The van der Waals surface area contributed by atoms with Gasteiger partial charge in [0.2, 0.25) is 0 Å². The Bertz CT molecular complexity index is 833. The third-order valence-electron chi connectivity index (χ3n) is 4.92. The van der Waals surface area contributed by atoms with Crippen LogP contribution in [0.5, 0.6) is 0 Å². The zero-order valence-corrected chi connectivity index (χ0v) is 14.6. The summed E-state index contributed by atoms with van der Waals surface area (Å²) in [5.41, 5.74) is 5.23. The maximum atomic E-state index is 5.87. The second-order valence-corrected chi connectivity index (χ2v) is 6.81. The van der Waals surface area contributed by atoms with Crippen molar-refractivity contribution in [2.45, 2.75) is 44.8 Å². The second kappa shape index (κ2) is 7.28. The Morgan fingerprint density at radius 3 is 2.56 bits per heavy atom. The molecular formula is C21H24N2O2. The molecule has 0 bridgehead atoms. The number of hydrogen-bond acceptors (Lipinski definition) is 4. The van der Waals surface area contributed by atoms with Gasteiger partial charge in [0, 0.05) is 13.2 Å². The van der Waals surface area contributed by atoms with E-state index in [2.05, 4.69) is 46.7 Å². The van der Waals surface area contributed by atoms with Crippen molar-refractivity contribution in [1.29, 1.82) is 0 Å². The molecule has 0 aliphatic heterocycles. The van der Waals surface area contributed by atoms with Gasteiger partial charge in [-0.3, -0.25) is 0 Å². The number of nitrogens with one attached hydrogen (secondary N) is 1. The Labute approximate surface area is 148 Å². The summed E-state index contributed by atoms with van der Waals surface area (Å²) in [7, 11) is 1.71. The van der Waals surface area contributed by atoms with E-state index in [1.54, 1.807) is 7.11 Å². The van der Waals surface area contributed by atoms with E-state index in [1.165, 1.54) is 43.2 Å². The van der Waals surface area contributed by atoms with Gasteiger partial charge in [-0.25, -0.2) is 0 Å². The molecule has 0 unspecified atom stereocenters. The van der Waals surface area contributed by atoms with Crippen LogP contribution in [-0.2, 0) is 11.3 Å². The summed E-state index contributed by atoms with van der Waals surface area (Å²) in [6.07, 6.45) is 6.34. The molecule has 0 radical (unpaired) electrons. The van der Waals surface area contributed by atoms with Crippen LogP contribution in [0.25, 0.3) is 22.2 Å². The Kier molecular flexibility index (Phi) is 4.70. The SMILES string of the molecule is COCc1ccc(-c2ccc3oc(NC4CCCCC4)nc3c2)cc1. The first kappa shape index (κ1) is 16.2. The molecule has 0 atom stereocenters. The van der Waals surface area contributed by atoms with Gasteiger partial charge in [-0.1, -0.05) is 49.6 Å². The molecule has 25 heavy (non-hydrogen) atoms. The van der Waals surface area contributed by atoms with Crippen molar-refractivity contribution in [3.63, 3.8) is 0 Å². The van der Waals surface area contributed by atoms with E-state index in [0.717, 1.165) is 16.7 Å². The van der Waals surface area contributed by atoms with E-state index < -0.39 is 0 Å². The average molecular weight is 336 g/mol. The summed E-state index contributed by atoms with van der Waals surface area (Å²) >= 11 is 0. The van der Waals surface area contributed by atoms with Crippen LogP contribution < -0.4 is 5.32 Å². The van der Waals surface area contributed by atoms with Crippen molar-refractivity contribution in [1.82, 2.24) is 4.98 Å². The van der Waals surface area contributed by atoms with E-state index in [4.69, 9.17) is 9.15 Å². The number of benzene rings is 2. The van der Waals surface area contributed by atoms with Gasteiger partial charge in [0.1, 0.15) is 5.52 Å². The summed E-state index contributed by atoms with van der Waals surface area (Å²) in [5.74, 6) is 0. The number of ether oxygens (including phenoxy) is 1. The Hall–Kier alpha value is -2.33. The molecule has 1 N–H and O–H groups in total. The fourth-order valence-electron chi connectivity index (χ4n) is 3.55. The molecule has 1 aliphatic rings. The Morgan fingerprint density at radius 2 is 1.80 bits per heavy atom. The topological polar surface area (TPSA) is 47.3 Å². The number of anilines is 1. The highest BCUT2D eigenvalue weighted by molar-refractivity contribution is 5.81. The standard InChI is InChI=1S/C21H24N2O2/c1-24-14-15-7-9-16(10-8-15)17-11-12-20-19(13-17)23-21(25-20)22-18-5-3-2-4-6-18/h7-13,18H,2-6,14H2,1H3,(H,22,23). The number of aromatic nitrogens is 1. The summed E-state index contributed by atoms with van der Waals surface area (Å²) in [6.45, 7) is 0.638. The second-order valence-electron chi connectivity index (χ2n) is 6.81. The van der Waals surface area contributed by atoms with Crippen LogP contribution in [0.15, 0.2) is 46.9 Å². The quantitative estimate of drug-likeness (QED) is 0.679. The molecule has 1 heterocycles. The summed E-state index contributed by atoms with van der Waals surface area (Å²) in [4.78, 5) is 4.64. The lowest BCUT2D eigenvalue weighted by molar-refractivity contribution is 0.185. The van der Waals surface area contributed by atoms with Crippen LogP contribution >= 0.6 is 0 Å². The van der Waals surface area contributed by atoms with Crippen molar-refractivity contribution < 1.29 is 9.15 Å². The smallest absolute Gasteiger partial charge is 0.295 e. The van der Waals surface area contributed by atoms with Crippen LogP contribution in [0.3, 0.4) is 0 Å². The molecule has 2 aromatic carbocycles. The van der Waals surface area contributed by atoms with Gasteiger partial charge in [0.05, 0.1) is 6.61 Å². The van der Waals surface area contributed by atoms with Gasteiger partial charge in [0.15, 0.2) is 5.58 Å². The lowest BCUT2D eigenvalue weighted by atomic mass is 9.96. The highest BCUT2D eigenvalue weighted by Gasteiger charge is 2.16. The van der Waals surface area contributed by atoms with E-state index in [9.17, 15) is 0 Å². The van der Waals surface area contributed by atoms with Crippen molar-refractivity contribution in [3.8, 4) is 11.1 Å². The van der Waals surface area contributed by atoms with Crippen LogP contribution in [0.2, 0.25) is 0 Å². The predicted molar refractivity (Wildman–Crippen MR) is 101 cm³/mol. The largest absolute Gasteiger partial charge is 0.424 e. The van der Waals surface area contributed by atoms with Crippen LogP contribution in [0, 0.1) is 0 Å². The molecule has 4 nitrogen and oxygen atoms in total. The Balaban J connectivity index is 1.55. The normalized spacial score (nSPS) is 15.6. The first-order chi connectivity index (χ1) is 12.3. The number of rotatable bonds is 5. The lowest BCUT2D eigenvalue weighted by Crippen LogP contribution is -2.22. The van der Waals surface area contributed by atoms with Crippen LogP contribution in [0.4, 0.5) is 6.01 Å². The molecule has 0 amide bonds. The van der Waals surface area contributed by atoms with Crippen molar-refractivity contribution in [2.75, 3.05) is 12.4 Å². The average Bonchev–Trinajstić information content (AvgIpc) is 3.05. The first-order valence-electron chi connectivity index (χ1n) is 9.07. The van der Waals surface area contributed by atoms with Gasteiger partial charge in [0.25, 0.3) is 6.01 Å². The summed E-state index contributed by atoms with van der Waals surface area (Å²) < 4.78 is 11.0. The minimum atomic E-state index is 0.495. The van der Waals surface area contributed by atoms with Crippen molar-refractivity contribution >= 4 is 17.1 Å². The molecule has 130 valence electrons. The van der Waals surface area contributed by atoms with Gasteiger partial charge < -0.3 is 14.5 Å². The fraction of sp³-hybridized carbons (Fsp3) is 0.381. The molecular weight excluding hydrogens is 312 g/mol. The maximum absolute atomic E-state index is 5.87. The van der Waals surface area contributed by atoms with Gasteiger partial charge in [-0.2, -0.15) is 4.98 Å². The number of oxazole rings is 1. The number of methoxy groups -OCH3 is 1. The molecule has 1 fully saturated rings. The minimum Gasteiger partial charge on any atom is -0.424 e. The molecule has 1 aromatic heterocycles. The highest BCUT2D eigenvalue weighted by Crippen LogP contribution is 2.28. The van der Waals surface area contributed by atoms with E-state index in [0.29, 0.717) is 18.7 Å². The zero-order chi connectivity index (χ0) is 17.1. The highest BCUT2D eigenvalue weighted by atomic mass is 16.5. The van der Waals surface area contributed by atoms with Crippen LogP contribution in [0.1, 0.15) is 37.7 Å². The fourth-order valence-corrected chi connectivity index (χ4v) is 3.55. The van der Waals surface area contributed by atoms with Gasteiger partial charge in [-0.15, -0.1) is 0 Å². The maximum Gasteiger partial charge on any atom is 0.295 e. The molecule has 1 aliphatic carbocycles. The number of fused-ring (bicyclic) bond motifs is 1. The summed E-state index contributed by atoms with van der Waals surface area (Å²) in [6, 6.07) is 15.8. The van der Waals surface area contributed by atoms with Crippen molar-refractivity contribution in [3.05, 3.63) is 48.0 Å². The van der Waals surface area contributed by atoms with E-state index in [-0.39, 0.29) is 0 Å². The van der Waals surface area contributed by atoms with Crippen molar-refractivity contribution in [2.24, 2.45) is 0 Å². The molecule has 3 aromatic rings. The number of nitrogens with zero attached hydrogens (tertiary/aromatic N) is 1. The third-order valence-corrected chi connectivity index (χ3v) is 4.92. The van der Waals surface area contributed by atoms with Gasteiger partial charge >= 0.3 is 0 Å². The molecule has 4 heteroatoms. The molecule has 4 rings (SSSR count). The monoisotopic (exact) mass is 336 g/mol. The number of hydrogen-bond donors (Lipinski definition) is 1. The Morgan fingerprint density at radius 1 is 1.04 bits per heavy atom. The molecule has 0 spiro atoms. The van der Waals surface area contributed by atoms with E-state index in [1.807, 2.05) is 6.07 Å². The zero-order valence-electron chi connectivity index (χ0n) is 14.6. The first-order valence-corrected chi connectivity index (χ1v) is 9.07. The third kappa shape index (κ3) is 3.69. The summed E-state index contributed by atoms with van der Waals surface area (Å²) in [5, 5.41) is 3.46. The lowest BCUT2D eigenvalue weighted by Gasteiger charge is -2.21. The van der Waals surface area contributed by atoms with Gasteiger partial charge in [-0.05, 0) is 41.7 Å². The minimum absolute atomic E-state index is 0.495. The predicted octanol–water partition coefficient (Wildman–Crippen LogP) is 5.39. The molecule has 0 saturated heterocycles.